The van der Waals surface area contributed by atoms with Crippen LogP contribution in [-0.4, -0.2) is 31.7 Å². The lowest BCUT2D eigenvalue weighted by molar-refractivity contribution is -0.384. The Morgan fingerprint density at radius 3 is 2.67 bits per heavy atom. The summed E-state index contributed by atoms with van der Waals surface area (Å²) in [6.45, 7) is 4.16. The van der Waals surface area contributed by atoms with Crippen molar-refractivity contribution in [1.29, 1.82) is 0 Å². The molecule has 0 aliphatic carbocycles. The molecule has 2 aromatic heterocycles. The second kappa shape index (κ2) is 9.55. The first-order valence-electron chi connectivity index (χ1n) is 10.1. The SMILES string of the molecule is CCc1ccc(-c2c(C)sc3ncnc(SCC(=O)Nc4cc([N+](=O)[O-])ccc4O)c23)cc1. The highest BCUT2D eigenvalue weighted by Gasteiger charge is 2.19. The molecule has 0 saturated heterocycles. The zero-order valence-electron chi connectivity index (χ0n) is 17.9. The van der Waals surface area contributed by atoms with E-state index in [-0.39, 0.29) is 22.9 Å². The van der Waals surface area contributed by atoms with Gasteiger partial charge in [-0.2, -0.15) is 0 Å². The van der Waals surface area contributed by atoms with Gasteiger partial charge in [0.2, 0.25) is 5.91 Å². The highest BCUT2D eigenvalue weighted by molar-refractivity contribution is 8.00. The summed E-state index contributed by atoms with van der Waals surface area (Å²) < 4.78 is 0. The minimum atomic E-state index is -0.588. The Bertz CT molecular complexity index is 1350. The van der Waals surface area contributed by atoms with Gasteiger partial charge in [0.15, 0.2) is 0 Å². The molecular formula is C23H20N4O4S2. The van der Waals surface area contributed by atoms with Gasteiger partial charge in [-0.05, 0) is 30.5 Å². The molecule has 0 atom stereocenters. The topological polar surface area (TPSA) is 118 Å². The third kappa shape index (κ3) is 4.81. The van der Waals surface area contributed by atoms with E-state index in [0.29, 0.717) is 5.03 Å². The van der Waals surface area contributed by atoms with E-state index in [4.69, 9.17) is 0 Å². The molecule has 0 fully saturated rings. The molecule has 0 bridgehead atoms. The van der Waals surface area contributed by atoms with Crippen molar-refractivity contribution >= 4 is 50.6 Å². The summed E-state index contributed by atoms with van der Waals surface area (Å²) in [5.41, 5.74) is 3.14. The number of rotatable bonds is 7. The first-order chi connectivity index (χ1) is 15.9. The average molecular weight is 481 g/mol. The van der Waals surface area contributed by atoms with E-state index in [0.717, 1.165) is 38.7 Å². The largest absolute Gasteiger partial charge is 0.506 e. The number of non-ortho nitro benzene ring substituents is 1. The maximum Gasteiger partial charge on any atom is 0.271 e. The number of amides is 1. The van der Waals surface area contributed by atoms with Gasteiger partial charge in [0, 0.05) is 22.6 Å². The number of hydrogen-bond donors (Lipinski definition) is 2. The summed E-state index contributed by atoms with van der Waals surface area (Å²) in [6.07, 6.45) is 2.44. The van der Waals surface area contributed by atoms with Crippen molar-refractivity contribution in [2.45, 2.75) is 25.3 Å². The van der Waals surface area contributed by atoms with E-state index < -0.39 is 10.8 Å². The normalized spacial score (nSPS) is 11.0. The summed E-state index contributed by atoms with van der Waals surface area (Å²) in [4.78, 5) is 33.7. The standard InChI is InChI=1S/C23H20N4O4S2/c1-3-14-4-6-15(7-5-14)20-13(2)33-23-21(20)22(24-12-25-23)32-11-19(29)26-17-10-16(27(30)31)8-9-18(17)28/h4-10,12,28H,3,11H2,1-2H3,(H,26,29). The molecule has 0 aliphatic heterocycles. The third-order valence-electron chi connectivity index (χ3n) is 5.09. The predicted molar refractivity (Wildman–Crippen MR) is 131 cm³/mol. The van der Waals surface area contributed by atoms with Crippen LogP contribution in [-0.2, 0) is 11.2 Å². The Balaban J connectivity index is 1.59. The molecular weight excluding hydrogens is 460 g/mol. The predicted octanol–water partition coefficient (Wildman–Crippen LogP) is 5.57. The minimum absolute atomic E-state index is 0.00860. The van der Waals surface area contributed by atoms with Crippen molar-refractivity contribution in [3.05, 3.63) is 69.3 Å². The number of aromatic nitrogens is 2. The van der Waals surface area contributed by atoms with Gasteiger partial charge in [0.05, 0.1) is 21.7 Å². The fraction of sp³-hybridized carbons (Fsp3) is 0.174. The number of anilines is 1. The van der Waals surface area contributed by atoms with Gasteiger partial charge in [-0.3, -0.25) is 14.9 Å². The molecule has 4 rings (SSSR count). The van der Waals surface area contributed by atoms with Crippen LogP contribution in [0.3, 0.4) is 0 Å². The summed E-state index contributed by atoms with van der Waals surface area (Å²) in [6, 6.07) is 11.9. The molecule has 8 nitrogen and oxygen atoms in total. The Kier molecular flexibility index (Phi) is 6.57. The van der Waals surface area contributed by atoms with Crippen molar-refractivity contribution in [3.63, 3.8) is 0 Å². The van der Waals surface area contributed by atoms with Gasteiger partial charge in [-0.25, -0.2) is 9.97 Å². The molecule has 0 saturated carbocycles. The monoisotopic (exact) mass is 480 g/mol. The van der Waals surface area contributed by atoms with E-state index in [1.165, 1.54) is 35.8 Å². The van der Waals surface area contributed by atoms with Crippen LogP contribution in [0, 0.1) is 17.0 Å². The zero-order chi connectivity index (χ0) is 23.5. The van der Waals surface area contributed by atoms with Crippen LogP contribution >= 0.6 is 23.1 Å². The number of fused-ring (bicyclic) bond motifs is 1. The second-order valence-electron chi connectivity index (χ2n) is 7.24. The van der Waals surface area contributed by atoms with Crippen molar-refractivity contribution in [3.8, 4) is 16.9 Å². The summed E-state index contributed by atoms with van der Waals surface area (Å²) in [5.74, 6) is -0.643. The minimum Gasteiger partial charge on any atom is -0.506 e. The number of thiophene rings is 1. The number of aryl methyl sites for hydroxylation is 2. The Morgan fingerprint density at radius 1 is 1.21 bits per heavy atom. The number of nitrogens with zero attached hydrogens (tertiary/aromatic N) is 3. The van der Waals surface area contributed by atoms with Crippen LogP contribution in [0.15, 0.2) is 53.8 Å². The Morgan fingerprint density at radius 2 is 1.97 bits per heavy atom. The van der Waals surface area contributed by atoms with E-state index >= 15 is 0 Å². The number of nitro benzene ring substituents is 1. The molecule has 0 radical (unpaired) electrons. The Hall–Kier alpha value is -3.50. The van der Waals surface area contributed by atoms with Crippen molar-refractivity contribution in [1.82, 2.24) is 9.97 Å². The number of thioether (sulfide) groups is 1. The molecule has 2 N–H and O–H groups in total. The fourth-order valence-corrected chi connectivity index (χ4v) is 5.32. The van der Waals surface area contributed by atoms with Gasteiger partial charge in [0.1, 0.15) is 21.9 Å². The number of carbonyl (C=O) groups excluding carboxylic acids is 1. The number of hydrogen-bond acceptors (Lipinski definition) is 8. The zero-order valence-corrected chi connectivity index (χ0v) is 19.5. The maximum absolute atomic E-state index is 12.5. The van der Waals surface area contributed by atoms with Crippen LogP contribution in [0.1, 0.15) is 17.4 Å². The van der Waals surface area contributed by atoms with Gasteiger partial charge in [0.25, 0.3) is 5.69 Å². The molecule has 2 aromatic carbocycles. The molecule has 4 aromatic rings. The van der Waals surface area contributed by atoms with Gasteiger partial charge < -0.3 is 10.4 Å². The lowest BCUT2D eigenvalue weighted by atomic mass is 10.0. The summed E-state index contributed by atoms with van der Waals surface area (Å²) in [7, 11) is 0. The smallest absolute Gasteiger partial charge is 0.271 e. The van der Waals surface area contributed by atoms with Gasteiger partial charge >= 0.3 is 0 Å². The molecule has 1 amide bonds. The van der Waals surface area contributed by atoms with Crippen molar-refractivity contribution < 1.29 is 14.8 Å². The van der Waals surface area contributed by atoms with Crippen LogP contribution in [0.25, 0.3) is 21.3 Å². The molecule has 0 spiro atoms. The lowest BCUT2D eigenvalue weighted by Crippen LogP contribution is -2.14. The van der Waals surface area contributed by atoms with Gasteiger partial charge in [-0.15, -0.1) is 11.3 Å². The number of phenolic OH excluding ortho intramolecular Hbond substituents is 1. The van der Waals surface area contributed by atoms with Crippen LogP contribution in [0.2, 0.25) is 0 Å². The van der Waals surface area contributed by atoms with E-state index in [9.17, 15) is 20.0 Å². The third-order valence-corrected chi connectivity index (χ3v) is 7.09. The molecule has 168 valence electrons. The van der Waals surface area contributed by atoms with Crippen molar-refractivity contribution in [2.75, 3.05) is 11.1 Å². The highest BCUT2D eigenvalue weighted by Crippen LogP contribution is 2.41. The fourth-order valence-electron chi connectivity index (χ4n) is 3.44. The summed E-state index contributed by atoms with van der Waals surface area (Å²) in [5, 5.41) is 25.0. The quantitative estimate of drug-likeness (QED) is 0.117. The number of benzene rings is 2. The maximum atomic E-state index is 12.5. The first-order valence-corrected chi connectivity index (χ1v) is 11.9. The molecule has 2 heterocycles. The van der Waals surface area contributed by atoms with Crippen LogP contribution in [0.5, 0.6) is 5.75 Å². The van der Waals surface area contributed by atoms with Crippen molar-refractivity contribution in [2.24, 2.45) is 0 Å². The van der Waals surface area contributed by atoms with E-state index in [1.807, 2.05) is 6.92 Å². The Labute approximate surface area is 197 Å². The summed E-state index contributed by atoms with van der Waals surface area (Å²) >= 11 is 2.83. The number of nitrogens with one attached hydrogen (secondary N) is 1. The molecule has 0 aliphatic rings. The lowest BCUT2D eigenvalue weighted by Gasteiger charge is -2.09. The number of carbonyl (C=O) groups is 1. The van der Waals surface area contributed by atoms with E-state index in [2.05, 4.69) is 46.5 Å². The first kappa shape index (κ1) is 22.7. The van der Waals surface area contributed by atoms with Gasteiger partial charge in [-0.1, -0.05) is 43.0 Å². The van der Waals surface area contributed by atoms with E-state index in [1.54, 1.807) is 11.3 Å². The van der Waals surface area contributed by atoms with Crippen LogP contribution in [0.4, 0.5) is 11.4 Å². The molecule has 0 unspecified atom stereocenters. The second-order valence-corrected chi connectivity index (χ2v) is 9.41. The number of aromatic hydroxyl groups is 1. The highest BCUT2D eigenvalue weighted by atomic mass is 32.2. The molecule has 10 heteroatoms. The number of phenols is 1. The molecule has 33 heavy (non-hydrogen) atoms. The van der Waals surface area contributed by atoms with Crippen LogP contribution < -0.4 is 5.32 Å². The average Bonchev–Trinajstić information content (AvgIpc) is 3.15. The number of nitro groups is 1.